The molecule has 1 unspecified atom stereocenters. The van der Waals surface area contributed by atoms with Crippen LogP contribution < -0.4 is 5.32 Å². The molecule has 0 saturated carbocycles. The predicted molar refractivity (Wildman–Crippen MR) is 67.3 cm³/mol. The number of urea groups is 1. The molecule has 1 aromatic carbocycles. The van der Waals surface area contributed by atoms with Crippen LogP contribution in [0.4, 0.5) is 13.6 Å². The van der Waals surface area contributed by atoms with Crippen LogP contribution >= 0.6 is 0 Å². The minimum Gasteiger partial charge on any atom is -0.480 e. The van der Waals surface area contributed by atoms with Crippen molar-refractivity contribution in [1.82, 2.24) is 10.2 Å². The number of benzene rings is 1. The number of aliphatic hydroxyl groups is 1. The molecule has 0 spiro atoms. The zero-order valence-electron chi connectivity index (χ0n) is 10.9. The Labute approximate surface area is 119 Å². The lowest BCUT2D eigenvalue weighted by Crippen LogP contribution is -2.46. The number of carbonyl (C=O) groups excluding carboxylic acids is 1. The third-order valence-corrected chi connectivity index (χ3v) is 3.26. The number of carboxylic acid groups (broad SMARTS) is 1. The Morgan fingerprint density at radius 1 is 1.38 bits per heavy atom. The molecule has 2 rings (SSSR count). The number of aliphatic hydroxyl groups excluding tert-OH is 1. The second kappa shape index (κ2) is 6.04. The number of likely N-dealkylation sites (tertiary alicyclic amines) is 1. The molecule has 1 aliphatic rings. The van der Waals surface area contributed by atoms with E-state index < -0.39 is 35.8 Å². The van der Waals surface area contributed by atoms with Crippen molar-refractivity contribution >= 4 is 12.0 Å². The van der Waals surface area contributed by atoms with Gasteiger partial charge in [-0.05, 0) is 18.2 Å². The Hall–Kier alpha value is -2.22. The van der Waals surface area contributed by atoms with Crippen LogP contribution in [-0.4, -0.2) is 45.8 Å². The van der Waals surface area contributed by atoms with E-state index in [9.17, 15) is 23.5 Å². The normalized spacial score (nSPS) is 21.4. The molecule has 0 bridgehead atoms. The van der Waals surface area contributed by atoms with Gasteiger partial charge in [-0.15, -0.1) is 0 Å². The number of amides is 2. The summed E-state index contributed by atoms with van der Waals surface area (Å²) in [5.41, 5.74) is -0.0463. The van der Waals surface area contributed by atoms with Crippen LogP contribution in [0.3, 0.4) is 0 Å². The van der Waals surface area contributed by atoms with Crippen molar-refractivity contribution in [2.75, 3.05) is 6.54 Å². The van der Waals surface area contributed by atoms with Gasteiger partial charge in [-0.2, -0.15) is 0 Å². The van der Waals surface area contributed by atoms with Gasteiger partial charge in [-0.1, -0.05) is 0 Å². The van der Waals surface area contributed by atoms with Gasteiger partial charge in [0.05, 0.1) is 6.10 Å². The second-order valence-corrected chi connectivity index (χ2v) is 4.79. The molecular weight excluding hydrogens is 286 g/mol. The van der Waals surface area contributed by atoms with Gasteiger partial charge in [-0.25, -0.2) is 18.4 Å². The van der Waals surface area contributed by atoms with Gasteiger partial charge in [0.2, 0.25) is 0 Å². The molecule has 21 heavy (non-hydrogen) atoms. The van der Waals surface area contributed by atoms with Crippen LogP contribution in [0.2, 0.25) is 0 Å². The molecule has 114 valence electrons. The summed E-state index contributed by atoms with van der Waals surface area (Å²) in [6, 6.07) is 0.970. The summed E-state index contributed by atoms with van der Waals surface area (Å²) < 4.78 is 26.4. The Kier molecular flexibility index (Phi) is 4.37. The van der Waals surface area contributed by atoms with E-state index in [2.05, 4.69) is 5.32 Å². The second-order valence-electron chi connectivity index (χ2n) is 4.79. The van der Waals surface area contributed by atoms with Crippen molar-refractivity contribution < 1.29 is 28.6 Å². The summed E-state index contributed by atoms with van der Waals surface area (Å²) in [5, 5.41) is 20.7. The van der Waals surface area contributed by atoms with Crippen molar-refractivity contribution in [3.05, 3.63) is 35.4 Å². The minimum atomic E-state index is -1.22. The first-order valence-electron chi connectivity index (χ1n) is 6.27. The monoisotopic (exact) mass is 300 g/mol. The summed E-state index contributed by atoms with van der Waals surface area (Å²) in [4.78, 5) is 23.9. The number of hydrogen-bond acceptors (Lipinski definition) is 3. The molecule has 1 aliphatic heterocycles. The lowest BCUT2D eigenvalue weighted by atomic mass is 10.2. The maximum absolute atomic E-state index is 13.4. The minimum absolute atomic E-state index is 0.0463. The van der Waals surface area contributed by atoms with E-state index >= 15 is 0 Å². The number of hydrogen-bond donors (Lipinski definition) is 3. The van der Waals surface area contributed by atoms with E-state index in [-0.39, 0.29) is 25.1 Å². The molecule has 3 N–H and O–H groups in total. The maximum Gasteiger partial charge on any atom is 0.326 e. The Morgan fingerprint density at radius 2 is 2.10 bits per heavy atom. The van der Waals surface area contributed by atoms with Crippen molar-refractivity contribution in [1.29, 1.82) is 0 Å². The lowest BCUT2D eigenvalue weighted by molar-refractivity contribution is -0.141. The number of rotatable bonds is 3. The standard InChI is InChI=1S/C13H14F2N2O4/c14-8-1-2-10(15)7(3-8)5-16-13(21)17-6-9(18)4-11(17)12(19)20/h1-3,9,11,18H,4-6H2,(H,16,21)(H,19,20)/t9?,11-/m0/s1. The third-order valence-electron chi connectivity index (χ3n) is 3.26. The van der Waals surface area contributed by atoms with E-state index in [1.807, 2.05) is 0 Å². The fraction of sp³-hybridized carbons (Fsp3) is 0.385. The fourth-order valence-electron chi connectivity index (χ4n) is 2.22. The number of nitrogens with zero attached hydrogens (tertiary/aromatic N) is 1. The quantitative estimate of drug-likeness (QED) is 0.766. The molecule has 0 aromatic heterocycles. The molecule has 0 aliphatic carbocycles. The van der Waals surface area contributed by atoms with Crippen molar-refractivity contribution in [3.63, 3.8) is 0 Å². The van der Waals surface area contributed by atoms with Gasteiger partial charge in [0, 0.05) is 25.1 Å². The number of carboxylic acids is 1. The highest BCUT2D eigenvalue weighted by atomic mass is 19.1. The zero-order chi connectivity index (χ0) is 15.6. The van der Waals surface area contributed by atoms with E-state index in [1.165, 1.54) is 0 Å². The van der Waals surface area contributed by atoms with Gasteiger partial charge in [0.15, 0.2) is 0 Å². The van der Waals surface area contributed by atoms with Gasteiger partial charge in [-0.3, -0.25) is 0 Å². The largest absolute Gasteiger partial charge is 0.480 e. The Bertz CT molecular complexity index is 567. The molecular formula is C13H14F2N2O4. The molecule has 1 fully saturated rings. The van der Waals surface area contributed by atoms with E-state index in [0.717, 1.165) is 23.1 Å². The summed E-state index contributed by atoms with van der Waals surface area (Å²) in [6.07, 6.45) is -0.973. The molecule has 1 saturated heterocycles. The number of β-amino-alcohol motifs (C(OH)–C–C–N with tert-alkyl or cyclic N) is 1. The van der Waals surface area contributed by atoms with E-state index in [0.29, 0.717) is 0 Å². The molecule has 8 heteroatoms. The maximum atomic E-state index is 13.4. The molecule has 0 radical (unpaired) electrons. The third kappa shape index (κ3) is 3.46. The van der Waals surface area contributed by atoms with Crippen LogP contribution in [-0.2, 0) is 11.3 Å². The summed E-state index contributed by atoms with van der Waals surface area (Å²) in [5.74, 6) is -2.53. The van der Waals surface area contributed by atoms with Gasteiger partial charge >= 0.3 is 12.0 Å². The van der Waals surface area contributed by atoms with E-state index in [1.54, 1.807) is 0 Å². The predicted octanol–water partition coefficient (Wildman–Crippen LogP) is 0.694. The highest BCUT2D eigenvalue weighted by Gasteiger charge is 2.38. The van der Waals surface area contributed by atoms with Crippen molar-refractivity contribution in [3.8, 4) is 0 Å². The summed E-state index contributed by atoms with van der Waals surface area (Å²) in [6.45, 7) is -0.393. The summed E-state index contributed by atoms with van der Waals surface area (Å²) >= 11 is 0. The number of nitrogens with one attached hydrogen (secondary N) is 1. The molecule has 2 atom stereocenters. The SMILES string of the molecule is O=C(O)[C@@H]1CC(O)CN1C(=O)NCc1cc(F)ccc1F. The lowest BCUT2D eigenvalue weighted by Gasteiger charge is -2.21. The van der Waals surface area contributed by atoms with Gasteiger partial charge in [0.1, 0.15) is 17.7 Å². The molecule has 2 amide bonds. The average Bonchev–Trinajstić information content (AvgIpc) is 2.82. The first-order valence-corrected chi connectivity index (χ1v) is 6.27. The highest BCUT2D eigenvalue weighted by Crippen LogP contribution is 2.18. The number of halogens is 2. The topological polar surface area (TPSA) is 89.9 Å². The Balaban J connectivity index is 2.01. The van der Waals surface area contributed by atoms with Crippen LogP contribution in [0.25, 0.3) is 0 Å². The van der Waals surface area contributed by atoms with Gasteiger partial charge < -0.3 is 20.4 Å². The smallest absolute Gasteiger partial charge is 0.326 e. The van der Waals surface area contributed by atoms with Crippen LogP contribution in [0.15, 0.2) is 18.2 Å². The first kappa shape index (κ1) is 15.2. The Morgan fingerprint density at radius 3 is 2.76 bits per heavy atom. The number of carbonyl (C=O) groups is 2. The van der Waals surface area contributed by atoms with Gasteiger partial charge in [0.25, 0.3) is 0 Å². The molecule has 1 heterocycles. The molecule has 1 aromatic rings. The van der Waals surface area contributed by atoms with Crippen molar-refractivity contribution in [2.45, 2.75) is 25.1 Å². The van der Waals surface area contributed by atoms with Crippen LogP contribution in [0.1, 0.15) is 12.0 Å². The first-order chi connectivity index (χ1) is 9.88. The fourth-order valence-corrected chi connectivity index (χ4v) is 2.22. The van der Waals surface area contributed by atoms with Crippen LogP contribution in [0, 0.1) is 11.6 Å². The van der Waals surface area contributed by atoms with Crippen molar-refractivity contribution in [2.24, 2.45) is 0 Å². The molecule has 6 nitrogen and oxygen atoms in total. The number of aliphatic carboxylic acids is 1. The summed E-state index contributed by atoms with van der Waals surface area (Å²) in [7, 11) is 0. The van der Waals surface area contributed by atoms with E-state index in [4.69, 9.17) is 5.11 Å². The van der Waals surface area contributed by atoms with Crippen LogP contribution in [0.5, 0.6) is 0 Å². The average molecular weight is 300 g/mol. The highest BCUT2D eigenvalue weighted by molar-refractivity contribution is 5.83. The zero-order valence-corrected chi connectivity index (χ0v) is 10.9.